The molecule has 28 heavy (non-hydrogen) atoms. The van der Waals surface area contributed by atoms with Crippen LogP contribution in [0.5, 0.6) is 0 Å². The predicted octanol–water partition coefficient (Wildman–Crippen LogP) is 3.60. The highest BCUT2D eigenvalue weighted by Crippen LogP contribution is 2.40. The number of methoxy groups -OCH3 is 1. The van der Waals surface area contributed by atoms with E-state index in [0.29, 0.717) is 5.69 Å². The van der Waals surface area contributed by atoms with E-state index in [-0.39, 0.29) is 30.2 Å². The molecule has 8 heteroatoms. The van der Waals surface area contributed by atoms with E-state index in [0.717, 1.165) is 5.56 Å². The lowest BCUT2D eigenvalue weighted by Crippen LogP contribution is -2.34. The Labute approximate surface area is 164 Å². The number of alkyl carbamates (subject to hydrolysis) is 1. The van der Waals surface area contributed by atoms with Gasteiger partial charge in [-0.05, 0) is 26.3 Å². The maximum Gasteiger partial charge on any atom is 0.407 e. The number of carbonyl (C=O) groups excluding carboxylic acids is 2. The average molecular weight is 384 g/mol. The van der Waals surface area contributed by atoms with Gasteiger partial charge in [0.2, 0.25) is 5.69 Å². The lowest BCUT2D eigenvalue weighted by Gasteiger charge is -2.20. The zero-order chi connectivity index (χ0) is 20.9. The number of benzene rings is 1. The van der Waals surface area contributed by atoms with E-state index in [1.165, 1.54) is 7.11 Å². The number of nitrogens with one attached hydrogen (secondary N) is 1. The first-order valence-electron chi connectivity index (χ1n) is 8.69. The molecule has 2 rings (SSSR count). The Morgan fingerprint density at radius 3 is 2.43 bits per heavy atom. The maximum absolute atomic E-state index is 12.3. The molecule has 148 valence electrons. The second-order valence-corrected chi connectivity index (χ2v) is 7.01. The fraction of sp³-hybridized carbons (Fsp3) is 0.350. The van der Waals surface area contributed by atoms with E-state index in [2.05, 4.69) is 10.2 Å². The molecule has 8 nitrogen and oxygen atoms in total. The summed E-state index contributed by atoms with van der Waals surface area (Å²) in [6.07, 6.45) is -0.570. The molecule has 0 saturated carbocycles. The second-order valence-electron chi connectivity index (χ2n) is 7.01. The van der Waals surface area contributed by atoms with Crippen molar-refractivity contribution >= 4 is 23.4 Å². The van der Waals surface area contributed by atoms with Gasteiger partial charge in [0.25, 0.3) is 0 Å². The fourth-order valence-corrected chi connectivity index (χ4v) is 2.75. The van der Waals surface area contributed by atoms with E-state index in [1.807, 2.05) is 30.3 Å². The van der Waals surface area contributed by atoms with Crippen molar-refractivity contribution in [1.29, 1.82) is 0 Å². The molecule has 1 heterocycles. The number of aromatic nitrogens is 1. The first kappa shape index (κ1) is 20.8. The van der Waals surface area contributed by atoms with Gasteiger partial charge in [0.05, 0.1) is 25.1 Å². The van der Waals surface area contributed by atoms with Crippen molar-refractivity contribution in [2.45, 2.75) is 32.9 Å². The molecule has 0 aliphatic carbocycles. The quantitative estimate of drug-likeness (QED) is 0.606. The van der Waals surface area contributed by atoms with Crippen molar-refractivity contribution in [3.8, 4) is 11.3 Å². The van der Waals surface area contributed by atoms with Crippen LogP contribution < -0.4 is 11.1 Å². The van der Waals surface area contributed by atoms with Gasteiger partial charge in [0.1, 0.15) is 11.3 Å². The lowest BCUT2D eigenvalue weighted by molar-refractivity contribution is 0.0526. The number of anilines is 1. The SMILES string of the molecule is [C-]#[N+]c1c(N)c(C(=O)OC)n(CCNC(=O)OC(C)(C)C)c1-c1ccccc1. The van der Waals surface area contributed by atoms with Crippen LogP contribution in [0.2, 0.25) is 0 Å². The molecule has 0 atom stereocenters. The molecule has 2 aromatic rings. The van der Waals surface area contributed by atoms with Crippen LogP contribution in [0.25, 0.3) is 16.1 Å². The Hall–Kier alpha value is -3.47. The highest BCUT2D eigenvalue weighted by Gasteiger charge is 2.27. The van der Waals surface area contributed by atoms with Gasteiger partial charge in [0, 0.05) is 13.1 Å². The smallest absolute Gasteiger partial charge is 0.407 e. The van der Waals surface area contributed by atoms with Crippen LogP contribution in [0.3, 0.4) is 0 Å². The highest BCUT2D eigenvalue weighted by atomic mass is 16.6. The number of carbonyl (C=O) groups is 2. The summed E-state index contributed by atoms with van der Waals surface area (Å²) in [5.74, 6) is -0.651. The number of nitrogens with two attached hydrogens (primary N) is 1. The first-order valence-corrected chi connectivity index (χ1v) is 8.69. The van der Waals surface area contributed by atoms with Gasteiger partial charge in [0.15, 0.2) is 0 Å². The molecular weight excluding hydrogens is 360 g/mol. The van der Waals surface area contributed by atoms with Crippen LogP contribution in [0, 0.1) is 6.57 Å². The number of ether oxygens (including phenoxy) is 2. The molecule has 0 saturated heterocycles. The van der Waals surface area contributed by atoms with Gasteiger partial charge >= 0.3 is 12.1 Å². The van der Waals surface area contributed by atoms with Gasteiger partial charge in [-0.3, -0.25) is 0 Å². The second kappa shape index (κ2) is 8.48. The Morgan fingerprint density at radius 1 is 1.25 bits per heavy atom. The number of nitrogen functional groups attached to an aromatic ring is 1. The zero-order valence-corrected chi connectivity index (χ0v) is 16.4. The molecule has 0 aliphatic rings. The van der Waals surface area contributed by atoms with Crippen molar-refractivity contribution in [2.75, 3.05) is 19.4 Å². The zero-order valence-electron chi connectivity index (χ0n) is 16.4. The third-order valence-corrected chi connectivity index (χ3v) is 3.82. The van der Waals surface area contributed by atoms with Crippen molar-refractivity contribution in [1.82, 2.24) is 9.88 Å². The molecule has 1 amide bonds. The fourth-order valence-electron chi connectivity index (χ4n) is 2.75. The molecule has 0 spiro atoms. The van der Waals surface area contributed by atoms with E-state index in [4.69, 9.17) is 21.8 Å². The van der Waals surface area contributed by atoms with Crippen molar-refractivity contribution in [3.63, 3.8) is 0 Å². The molecule has 1 aromatic heterocycles. The Morgan fingerprint density at radius 2 is 1.89 bits per heavy atom. The summed E-state index contributed by atoms with van der Waals surface area (Å²) >= 11 is 0. The molecule has 3 N–H and O–H groups in total. The Bertz CT molecular complexity index is 905. The summed E-state index contributed by atoms with van der Waals surface area (Å²) in [5.41, 5.74) is 7.01. The van der Waals surface area contributed by atoms with Gasteiger partial charge in [-0.15, -0.1) is 0 Å². The lowest BCUT2D eigenvalue weighted by atomic mass is 10.1. The number of amides is 1. The minimum Gasteiger partial charge on any atom is -0.464 e. The van der Waals surface area contributed by atoms with Crippen molar-refractivity contribution in [2.24, 2.45) is 0 Å². The molecule has 0 radical (unpaired) electrons. The minimum atomic E-state index is -0.651. The normalized spacial score (nSPS) is 10.8. The molecule has 0 unspecified atom stereocenters. The molecule has 0 bridgehead atoms. The standard InChI is InChI=1S/C20H24N4O4/c1-20(2,3)28-19(26)23-11-12-24-16(13-9-7-6-8-10-13)15(22-4)14(21)17(24)18(25)27-5/h6-10H,11-12,21H2,1-3,5H3,(H,23,26). The number of hydrogen-bond acceptors (Lipinski definition) is 5. The minimum absolute atomic E-state index is 0.0537. The summed E-state index contributed by atoms with van der Waals surface area (Å²) < 4.78 is 11.7. The van der Waals surface area contributed by atoms with E-state index in [1.54, 1.807) is 25.3 Å². The van der Waals surface area contributed by atoms with Crippen LogP contribution in [-0.2, 0) is 16.0 Å². The largest absolute Gasteiger partial charge is 0.464 e. The summed E-state index contributed by atoms with van der Waals surface area (Å²) in [6, 6.07) is 9.15. The van der Waals surface area contributed by atoms with Gasteiger partial charge < -0.3 is 25.1 Å². The van der Waals surface area contributed by atoms with Crippen LogP contribution in [-0.4, -0.2) is 35.9 Å². The van der Waals surface area contributed by atoms with E-state index >= 15 is 0 Å². The Kier molecular flexibility index (Phi) is 6.31. The maximum atomic E-state index is 12.3. The number of esters is 1. The number of hydrogen-bond donors (Lipinski definition) is 2. The van der Waals surface area contributed by atoms with E-state index in [9.17, 15) is 9.59 Å². The predicted molar refractivity (Wildman–Crippen MR) is 106 cm³/mol. The third kappa shape index (κ3) is 4.62. The molecular formula is C20H24N4O4. The summed E-state index contributed by atoms with van der Waals surface area (Å²) in [4.78, 5) is 27.7. The number of rotatable bonds is 5. The van der Waals surface area contributed by atoms with Gasteiger partial charge in [-0.25, -0.2) is 14.4 Å². The topological polar surface area (TPSA) is 99.9 Å². The average Bonchev–Trinajstić information content (AvgIpc) is 2.91. The molecule has 0 aliphatic heterocycles. The van der Waals surface area contributed by atoms with Crippen LogP contribution in [0.4, 0.5) is 16.2 Å². The van der Waals surface area contributed by atoms with Crippen LogP contribution in [0.1, 0.15) is 31.3 Å². The van der Waals surface area contributed by atoms with Crippen LogP contribution >= 0.6 is 0 Å². The third-order valence-electron chi connectivity index (χ3n) is 3.82. The van der Waals surface area contributed by atoms with Crippen molar-refractivity contribution in [3.05, 3.63) is 47.4 Å². The van der Waals surface area contributed by atoms with Crippen molar-refractivity contribution < 1.29 is 19.1 Å². The highest BCUT2D eigenvalue weighted by molar-refractivity contribution is 6.02. The van der Waals surface area contributed by atoms with E-state index < -0.39 is 17.7 Å². The van der Waals surface area contributed by atoms with Gasteiger partial charge in [-0.1, -0.05) is 30.3 Å². The first-order chi connectivity index (χ1) is 13.2. The summed E-state index contributed by atoms with van der Waals surface area (Å²) in [6.45, 7) is 13.2. The number of nitrogens with zero attached hydrogens (tertiary/aromatic N) is 2. The molecule has 1 aromatic carbocycles. The monoisotopic (exact) mass is 384 g/mol. The summed E-state index contributed by atoms with van der Waals surface area (Å²) in [7, 11) is 1.25. The summed E-state index contributed by atoms with van der Waals surface area (Å²) in [5, 5.41) is 2.64. The van der Waals surface area contributed by atoms with Crippen LogP contribution in [0.15, 0.2) is 30.3 Å². The Balaban J connectivity index is 2.42. The van der Waals surface area contributed by atoms with Gasteiger partial charge in [-0.2, -0.15) is 0 Å². The molecule has 0 fully saturated rings.